The third-order valence-corrected chi connectivity index (χ3v) is 5.47. The van der Waals surface area contributed by atoms with Crippen LogP contribution < -0.4 is 15.9 Å². The number of amides is 2. The molecule has 1 aromatic heterocycles. The van der Waals surface area contributed by atoms with Crippen molar-refractivity contribution in [3.05, 3.63) is 77.1 Å². The van der Waals surface area contributed by atoms with Crippen LogP contribution in [0.15, 0.2) is 64.6 Å². The highest BCUT2D eigenvalue weighted by atomic mass is 32.2. The summed E-state index contributed by atoms with van der Waals surface area (Å²) in [6.07, 6.45) is 1.56. The predicted molar refractivity (Wildman–Crippen MR) is 118 cm³/mol. The number of nitrogens with one attached hydrogen (secondary N) is 2. The highest BCUT2D eigenvalue weighted by molar-refractivity contribution is 7.89. The SMILES string of the molecule is Cc1cccc(NC(=O)N/N=C/c2cc(C)n(-c3ccc(S(N)(=O)=O)cc3)c2C)c1. The molecule has 0 aliphatic carbocycles. The largest absolute Gasteiger partial charge is 0.339 e. The normalized spacial score (nSPS) is 11.6. The van der Waals surface area contributed by atoms with E-state index >= 15 is 0 Å². The zero-order valence-corrected chi connectivity index (χ0v) is 17.7. The minimum atomic E-state index is -3.74. The number of primary sulfonamides is 1. The Morgan fingerprint density at radius 1 is 1.07 bits per heavy atom. The van der Waals surface area contributed by atoms with E-state index in [-0.39, 0.29) is 4.90 Å². The third-order valence-electron chi connectivity index (χ3n) is 4.54. The van der Waals surface area contributed by atoms with Gasteiger partial charge in [-0.15, -0.1) is 0 Å². The molecule has 0 aliphatic rings. The number of carbonyl (C=O) groups is 1. The van der Waals surface area contributed by atoms with Crippen LogP contribution in [0.3, 0.4) is 0 Å². The maximum atomic E-state index is 12.0. The lowest BCUT2D eigenvalue weighted by atomic mass is 10.2. The molecule has 0 saturated carbocycles. The summed E-state index contributed by atoms with van der Waals surface area (Å²) >= 11 is 0. The number of aromatic nitrogens is 1. The third kappa shape index (κ3) is 4.94. The molecule has 3 aromatic rings. The monoisotopic (exact) mass is 425 g/mol. The minimum absolute atomic E-state index is 0.0549. The van der Waals surface area contributed by atoms with Crippen LogP contribution in [0.5, 0.6) is 0 Å². The minimum Gasteiger partial charge on any atom is -0.318 e. The van der Waals surface area contributed by atoms with Crippen molar-refractivity contribution >= 4 is 28.0 Å². The molecule has 9 heteroatoms. The van der Waals surface area contributed by atoms with Gasteiger partial charge in [0.05, 0.1) is 11.1 Å². The molecule has 3 rings (SSSR count). The van der Waals surface area contributed by atoms with Gasteiger partial charge < -0.3 is 9.88 Å². The molecule has 8 nitrogen and oxygen atoms in total. The fourth-order valence-corrected chi connectivity index (χ4v) is 3.66. The first-order valence-corrected chi connectivity index (χ1v) is 10.7. The van der Waals surface area contributed by atoms with Crippen molar-refractivity contribution in [1.82, 2.24) is 9.99 Å². The quantitative estimate of drug-likeness (QED) is 0.430. The Hall–Kier alpha value is -3.43. The van der Waals surface area contributed by atoms with Crippen molar-refractivity contribution in [3.63, 3.8) is 0 Å². The van der Waals surface area contributed by atoms with Gasteiger partial charge in [-0.3, -0.25) is 0 Å². The van der Waals surface area contributed by atoms with Crippen LogP contribution in [0.1, 0.15) is 22.5 Å². The van der Waals surface area contributed by atoms with Gasteiger partial charge in [0.25, 0.3) is 0 Å². The average molecular weight is 426 g/mol. The summed E-state index contributed by atoms with van der Waals surface area (Å²) in [6, 6.07) is 15.3. The smallest absolute Gasteiger partial charge is 0.318 e. The van der Waals surface area contributed by atoms with Crippen molar-refractivity contribution in [2.75, 3.05) is 5.32 Å². The van der Waals surface area contributed by atoms with Gasteiger partial charge in [-0.1, -0.05) is 12.1 Å². The van der Waals surface area contributed by atoms with E-state index in [2.05, 4.69) is 15.8 Å². The topological polar surface area (TPSA) is 119 Å². The van der Waals surface area contributed by atoms with Gasteiger partial charge in [0.1, 0.15) is 0 Å². The van der Waals surface area contributed by atoms with Crippen LogP contribution >= 0.6 is 0 Å². The van der Waals surface area contributed by atoms with Crippen LogP contribution in [0.4, 0.5) is 10.5 Å². The summed E-state index contributed by atoms with van der Waals surface area (Å²) in [6.45, 7) is 5.78. The first-order valence-electron chi connectivity index (χ1n) is 9.14. The van der Waals surface area contributed by atoms with Gasteiger partial charge in [0.2, 0.25) is 10.0 Å². The number of hydrogen-bond donors (Lipinski definition) is 3. The number of urea groups is 1. The van der Waals surface area contributed by atoms with Gasteiger partial charge in [-0.2, -0.15) is 5.10 Å². The van der Waals surface area contributed by atoms with Crippen molar-refractivity contribution in [2.45, 2.75) is 25.7 Å². The average Bonchev–Trinajstić information content (AvgIpc) is 2.94. The second-order valence-corrected chi connectivity index (χ2v) is 8.46. The summed E-state index contributed by atoms with van der Waals surface area (Å²) < 4.78 is 24.8. The number of nitrogens with two attached hydrogens (primary N) is 1. The molecule has 0 atom stereocenters. The van der Waals surface area contributed by atoms with Crippen molar-refractivity contribution in [2.24, 2.45) is 10.2 Å². The number of anilines is 1. The highest BCUT2D eigenvalue weighted by Gasteiger charge is 2.12. The van der Waals surface area contributed by atoms with Crippen LogP contribution in [-0.4, -0.2) is 25.2 Å². The van der Waals surface area contributed by atoms with Gasteiger partial charge in [0, 0.05) is 28.3 Å². The molecule has 4 N–H and O–H groups in total. The first kappa shape index (κ1) is 21.3. The maximum absolute atomic E-state index is 12.0. The summed E-state index contributed by atoms with van der Waals surface area (Å²) in [7, 11) is -3.74. The molecule has 0 unspecified atom stereocenters. The Morgan fingerprint density at radius 3 is 2.40 bits per heavy atom. The fraction of sp³-hybridized carbons (Fsp3) is 0.143. The lowest BCUT2D eigenvalue weighted by molar-refractivity contribution is 0.252. The molecule has 2 aromatic carbocycles. The second kappa shape index (κ2) is 8.52. The van der Waals surface area contributed by atoms with Crippen molar-refractivity contribution < 1.29 is 13.2 Å². The molecule has 2 amide bonds. The number of rotatable bonds is 5. The van der Waals surface area contributed by atoms with Gasteiger partial charge in [-0.25, -0.2) is 23.8 Å². The van der Waals surface area contributed by atoms with E-state index < -0.39 is 16.1 Å². The van der Waals surface area contributed by atoms with Gasteiger partial charge in [-0.05, 0) is 68.8 Å². The van der Waals surface area contributed by atoms with E-state index in [1.807, 2.05) is 49.6 Å². The lowest BCUT2D eigenvalue weighted by Gasteiger charge is -2.10. The number of sulfonamides is 1. The van der Waals surface area contributed by atoms with Crippen LogP contribution in [-0.2, 0) is 10.0 Å². The fourth-order valence-electron chi connectivity index (χ4n) is 3.14. The first-order chi connectivity index (χ1) is 14.1. The Balaban J connectivity index is 1.73. The maximum Gasteiger partial charge on any atom is 0.339 e. The number of benzene rings is 2. The molecule has 0 aliphatic heterocycles. The number of hydrazone groups is 1. The summed E-state index contributed by atoms with van der Waals surface area (Å²) in [5, 5.41) is 11.9. The zero-order valence-electron chi connectivity index (χ0n) is 16.9. The van der Waals surface area contributed by atoms with E-state index in [4.69, 9.17) is 5.14 Å². The van der Waals surface area contributed by atoms with E-state index in [1.54, 1.807) is 24.4 Å². The van der Waals surface area contributed by atoms with Crippen LogP contribution in [0, 0.1) is 20.8 Å². The Labute approximate surface area is 175 Å². The van der Waals surface area contributed by atoms with E-state index in [1.165, 1.54) is 12.1 Å². The Kier molecular flexibility index (Phi) is 6.04. The molecule has 0 bridgehead atoms. The molecule has 0 spiro atoms. The van der Waals surface area contributed by atoms with Crippen molar-refractivity contribution in [3.8, 4) is 5.69 Å². The summed E-state index contributed by atoms with van der Waals surface area (Å²) in [5.41, 5.74) is 7.61. The highest BCUT2D eigenvalue weighted by Crippen LogP contribution is 2.21. The van der Waals surface area contributed by atoms with Gasteiger partial charge >= 0.3 is 6.03 Å². The lowest BCUT2D eigenvalue weighted by Crippen LogP contribution is -2.24. The van der Waals surface area contributed by atoms with E-state index in [9.17, 15) is 13.2 Å². The number of aryl methyl sites for hydroxylation is 2. The van der Waals surface area contributed by atoms with Gasteiger partial charge in [0.15, 0.2) is 0 Å². The molecular weight excluding hydrogens is 402 g/mol. The van der Waals surface area contributed by atoms with Crippen LogP contribution in [0.25, 0.3) is 5.69 Å². The Bertz CT molecular complexity index is 1210. The van der Waals surface area contributed by atoms with E-state index in [0.717, 1.165) is 28.2 Å². The molecule has 1 heterocycles. The molecule has 0 saturated heterocycles. The van der Waals surface area contributed by atoms with Crippen LogP contribution in [0.2, 0.25) is 0 Å². The van der Waals surface area contributed by atoms with Crippen molar-refractivity contribution in [1.29, 1.82) is 0 Å². The predicted octanol–water partition coefficient (Wildman–Crippen LogP) is 3.21. The molecular formula is C21H23N5O3S. The summed E-state index contributed by atoms with van der Waals surface area (Å²) in [5.74, 6) is 0. The number of hydrogen-bond acceptors (Lipinski definition) is 4. The number of nitrogens with zero attached hydrogens (tertiary/aromatic N) is 2. The number of carbonyl (C=O) groups excluding carboxylic acids is 1. The zero-order chi connectivity index (χ0) is 21.9. The Morgan fingerprint density at radius 2 is 1.77 bits per heavy atom. The molecule has 0 radical (unpaired) electrons. The van der Waals surface area contributed by atoms with E-state index in [0.29, 0.717) is 5.69 Å². The molecule has 0 fully saturated rings. The molecule has 156 valence electrons. The summed E-state index contributed by atoms with van der Waals surface area (Å²) in [4.78, 5) is 12.1. The standard InChI is InChI=1S/C21H23N5O3S/c1-14-5-4-6-18(11-14)24-21(27)25-23-13-17-12-15(2)26(16(17)3)19-7-9-20(10-8-19)30(22,28)29/h4-13H,1-3H3,(H2,22,28,29)(H2,24,25,27)/b23-13+. The molecule has 30 heavy (non-hydrogen) atoms. The second-order valence-electron chi connectivity index (χ2n) is 6.89.